The van der Waals surface area contributed by atoms with Gasteiger partial charge in [-0.25, -0.2) is 8.42 Å². The molecule has 1 aliphatic heterocycles. The fourth-order valence-corrected chi connectivity index (χ4v) is 4.96. The van der Waals surface area contributed by atoms with Gasteiger partial charge in [0.15, 0.2) is 12.9 Å². The number of sulfonamides is 1. The van der Waals surface area contributed by atoms with Gasteiger partial charge in [-0.05, 0) is 43.2 Å². The van der Waals surface area contributed by atoms with Crippen molar-refractivity contribution in [2.24, 2.45) is 0 Å². The SMILES string of the molecule is COc1ccc(S(=O)(=O)N2CCCCCC2)cc1NC(=O)COc1ccccc1C=O. The van der Waals surface area contributed by atoms with Crippen molar-refractivity contribution in [3.05, 3.63) is 48.0 Å². The minimum atomic E-state index is -3.68. The topological polar surface area (TPSA) is 102 Å². The van der Waals surface area contributed by atoms with Gasteiger partial charge in [0.1, 0.15) is 11.5 Å². The molecule has 0 radical (unpaired) electrons. The van der Waals surface area contributed by atoms with Gasteiger partial charge in [0.05, 0.1) is 23.3 Å². The number of nitrogens with one attached hydrogen (secondary N) is 1. The van der Waals surface area contributed by atoms with E-state index in [1.165, 1.54) is 29.6 Å². The molecule has 1 saturated heterocycles. The smallest absolute Gasteiger partial charge is 0.262 e. The number of carbonyl (C=O) groups is 2. The van der Waals surface area contributed by atoms with Crippen molar-refractivity contribution in [2.45, 2.75) is 30.6 Å². The number of benzene rings is 2. The van der Waals surface area contributed by atoms with Gasteiger partial charge in [-0.1, -0.05) is 25.0 Å². The molecule has 3 rings (SSSR count). The second kappa shape index (κ2) is 10.4. The van der Waals surface area contributed by atoms with E-state index in [9.17, 15) is 18.0 Å². The second-order valence-corrected chi connectivity index (χ2v) is 9.11. The summed E-state index contributed by atoms with van der Waals surface area (Å²) in [6.07, 6.45) is 4.34. The van der Waals surface area contributed by atoms with Crippen LogP contribution in [0.3, 0.4) is 0 Å². The normalized spacial score (nSPS) is 15.0. The van der Waals surface area contributed by atoms with Gasteiger partial charge in [-0.2, -0.15) is 4.31 Å². The van der Waals surface area contributed by atoms with Crippen LogP contribution in [0.25, 0.3) is 0 Å². The van der Waals surface area contributed by atoms with E-state index in [2.05, 4.69) is 5.32 Å². The third-order valence-electron chi connectivity index (χ3n) is 5.05. The Morgan fingerprint density at radius 3 is 2.45 bits per heavy atom. The number of nitrogens with zero attached hydrogens (tertiary/aromatic N) is 1. The summed E-state index contributed by atoms with van der Waals surface area (Å²) in [6, 6.07) is 11.0. The second-order valence-electron chi connectivity index (χ2n) is 7.17. The first kappa shape index (κ1) is 22.8. The Balaban J connectivity index is 1.75. The minimum Gasteiger partial charge on any atom is -0.495 e. The fourth-order valence-electron chi connectivity index (χ4n) is 3.42. The summed E-state index contributed by atoms with van der Waals surface area (Å²) in [6.45, 7) is 0.622. The van der Waals surface area contributed by atoms with Gasteiger partial charge in [-0.3, -0.25) is 9.59 Å². The van der Waals surface area contributed by atoms with Crippen LogP contribution < -0.4 is 14.8 Å². The maximum absolute atomic E-state index is 13.1. The van der Waals surface area contributed by atoms with Crippen molar-refractivity contribution >= 4 is 27.9 Å². The Hall–Kier alpha value is -2.91. The molecule has 31 heavy (non-hydrogen) atoms. The monoisotopic (exact) mass is 446 g/mol. The van der Waals surface area contributed by atoms with E-state index in [0.717, 1.165) is 25.7 Å². The maximum atomic E-state index is 13.1. The molecular formula is C22H26N2O6S. The summed E-state index contributed by atoms with van der Waals surface area (Å²) < 4.78 is 38.3. The lowest BCUT2D eigenvalue weighted by Gasteiger charge is -2.21. The van der Waals surface area contributed by atoms with E-state index in [1.807, 2.05) is 0 Å². The molecule has 1 heterocycles. The zero-order valence-electron chi connectivity index (χ0n) is 17.4. The minimum absolute atomic E-state index is 0.0951. The van der Waals surface area contributed by atoms with Crippen molar-refractivity contribution in [2.75, 3.05) is 32.1 Å². The zero-order chi connectivity index (χ0) is 22.3. The largest absolute Gasteiger partial charge is 0.495 e. The number of anilines is 1. The molecule has 1 amide bonds. The molecule has 0 spiro atoms. The highest BCUT2D eigenvalue weighted by molar-refractivity contribution is 7.89. The third-order valence-corrected chi connectivity index (χ3v) is 6.95. The highest BCUT2D eigenvalue weighted by atomic mass is 32.2. The molecule has 166 valence electrons. The Bertz CT molecular complexity index is 1030. The molecule has 0 atom stereocenters. The lowest BCUT2D eigenvalue weighted by molar-refractivity contribution is -0.118. The maximum Gasteiger partial charge on any atom is 0.262 e. The van der Waals surface area contributed by atoms with Crippen molar-refractivity contribution in [1.82, 2.24) is 4.31 Å². The number of rotatable bonds is 8. The molecule has 0 saturated carbocycles. The van der Waals surface area contributed by atoms with Crippen molar-refractivity contribution in [3.63, 3.8) is 0 Å². The number of aldehydes is 1. The van der Waals surface area contributed by atoms with Gasteiger partial charge in [0.25, 0.3) is 5.91 Å². The first-order chi connectivity index (χ1) is 15.0. The number of amides is 1. The van der Waals surface area contributed by atoms with Gasteiger partial charge >= 0.3 is 0 Å². The molecule has 8 nitrogen and oxygen atoms in total. The van der Waals surface area contributed by atoms with Gasteiger partial charge < -0.3 is 14.8 Å². The van der Waals surface area contributed by atoms with Gasteiger partial charge in [0, 0.05) is 13.1 Å². The van der Waals surface area contributed by atoms with Crippen LogP contribution in [0.4, 0.5) is 5.69 Å². The molecule has 0 bridgehead atoms. The summed E-state index contributed by atoms with van der Waals surface area (Å²) >= 11 is 0. The van der Waals surface area contributed by atoms with E-state index < -0.39 is 15.9 Å². The number of ether oxygens (including phenoxy) is 2. The number of methoxy groups -OCH3 is 1. The summed E-state index contributed by atoms with van der Waals surface area (Å²) in [4.78, 5) is 23.6. The number of hydrogen-bond acceptors (Lipinski definition) is 6. The predicted molar refractivity (Wildman–Crippen MR) is 116 cm³/mol. The number of carbonyl (C=O) groups excluding carboxylic acids is 2. The van der Waals surface area contributed by atoms with Crippen LogP contribution >= 0.6 is 0 Å². The summed E-state index contributed by atoms with van der Waals surface area (Å²) in [5.74, 6) is 0.108. The quantitative estimate of drug-likeness (QED) is 0.625. The molecule has 0 unspecified atom stereocenters. The molecule has 0 aliphatic carbocycles. The third kappa shape index (κ3) is 5.62. The van der Waals surface area contributed by atoms with Crippen LogP contribution in [0.2, 0.25) is 0 Å². The molecule has 1 N–H and O–H groups in total. The van der Waals surface area contributed by atoms with Crippen molar-refractivity contribution < 1.29 is 27.5 Å². The molecule has 2 aromatic carbocycles. The lowest BCUT2D eigenvalue weighted by Crippen LogP contribution is -2.32. The number of para-hydroxylation sites is 1. The van der Waals surface area contributed by atoms with Crippen LogP contribution in [-0.4, -0.2) is 51.7 Å². The lowest BCUT2D eigenvalue weighted by atomic mass is 10.2. The fraction of sp³-hybridized carbons (Fsp3) is 0.364. The summed E-state index contributed by atoms with van der Waals surface area (Å²) in [5.41, 5.74) is 0.564. The first-order valence-corrected chi connectivity index (χ1v) is 11.5. The van der Waals surface area contributed by atoms with E-state index >= 15 is 0 Å². The van der Waals surface area contributed by atoms with Crippen LogP contribution in [0.15, 0.2) is 47.4 Å². The molecule has 1 fully saturated rings. The van der Waals surface area contributed by atoms with E-state index in [4.69, 9.17) is 9.47 Å². The van der Waals surface area contributed by atoms with Gasteiger partial charge in [-0.15, -0.1) is 0 Å². The Kier molecular flexibility index (Phi) is 7.64. The number of hydrogen-bond donors (Lipinski definition) is 1. The first-order valence-electron chi connectivity index (χ1n) is 10.1. The summed E-state index contributed by atoms with van der Waals surface area (Å²) in [7, 11) is -2.24. The Morgan fingerprint density at radius 2 is 1.77 bits per heavy atom. The Labute approximate surface area is 182 Å². The zero-order valence-corrected chi connectivity index (χ0v) is 18.2. The van der Waals surface area contributed by atoms with E-state index in [0.29, 0.717) is 30.7 Å². The van der Waals surface area contributed by atoms with E-state index in [1.54, 1.807) is 24.3 Å². The van der Waals surface area contributed by atoms with E-state index in [-0.39, 0.29) is 22.9 Å². The summed E-state index contributed by atoms with van der Waals surface area (Å²) in [5, 5.41) is 2.64. The molecule has 1 aliphatic rings. The molecule has 0 aromatic heterocycles. The highest BCUT2D eigenvalue weighted by Crippen LogP contribution is 2.30. The van der Waals surface area contributed by atoms with Crippen LogP contribution in [-0.2, 0) is 14.8 Å². The van der Waals surface area contributed by atoms with Crippen molar-refractivity contribution in [1.29, 1.82) is 0 Å². The molecule has 9 heteroatoms. The molecule has 2 aromatic rings. The van der Waals surface area contributed by atoms with Crippen molar-refractivity contribution in [3.8, 4) is 11.5 Å². The Morgan fingerprint density at radius 1 is 1.06 bits per heavy atom. The predicted octanol–water partition coefficient (Wildman–Crippen LogP) is 3.09. The average molecular weight is 447 g/mol. The van der Waals surface area contributed by atoms with Crippen LogP contribution in [0.5, 0.6) is 11.5 Å². The van der Waals surface area contributed by atoms with Crippen LogP contribution in [0, 0.1) is 0 Å². The highest BCUT2D eigenvalue weighted by Gasteiger charge is 2.26. The average Bonchev–Trinajstić information content (AvgIpc) is 3.08. The standard InChI is InChI=1S/C22H26N2O6S/c1-29-21-11-10-18(31(27,28)24-12-6-2-3-7-13-24)14-19(21)23-22(26)16-30-20-9-5-4-8-17(20)15-25/h4-5,8-11,14-15H,2-3,6-7,12-13,16H2,1H3,(H,23,26). The van der Waals surface area contributed by atoms with Crippen LogP contribution in [0.1, 0.15) is 36.0 Å². The molecular weight excluding hydrogens is 420 g/mol. The van der Waals surface area contributed by atoms with Gasteiger partial charge in [0.2, 0.25) is 10.0 Å².